The Bertz CT molecular complexity index is 970. The van der Waals surface area contributed by atoms with Gasteiger partial charge in [0.05, 0.1) is 0 Å². The van der Waals surface area contributed by atoms with Crippen LogP contribution in [0.15, 0.2) is 84.9 Å². The number of benzene rings is 4. The summed E-state index contributed by atoms with van der Waals surface area (Å²) in [6.45, 7) is 0. The van der Waals surface area contributed by atoms with Crippen LogP contribution in [0.25, 0.3) is 21.5 Å². The number of rotatable bonds is 2. The zero-order valence-electron chi connectivity index (χ0n) is 14.4. The second kappa shape index (κ2) is 5.74. The van der Waals surface area contributed by atoms with Gasteiger partial charge in [-0.05, 0) is 45.5 Å². The molecule has 1 fully saturated rings. The van der Waals surface area contributed by atoms with Crippen molar-refractivity contribution in [1.82, 2.24) is 0 Å². The number of fused-ring (bicyclic) bond motifs is 2. The van der Waals surface area contributed by atoms with Crippen LogP contribution >= 0.6 is 0 Å². The molecule has 4 aromatic rings. The first-order valence-corrected chi connectivity index (χ1v) is 9.34. The van der Waals surface area contributed by atoms with Gasteiger partial charge in [0.1, 0.15) is 0 Å². The van der Waals surface area contributed by atoms with Crippen LogP contribution in [0.2, 0.25) is 0 Å². The Kier molecular flexibility index (Phi) is 3.38. The van der Waals surface area contributed by atoms with Crippen molar-refractivity contribution < 1.29 is 0 Å². The predicted octanol–water partition coefficient (Wildman–Crippen LogP) is 6.85. The third-order valence-corrected chi connectivity index (χ3v) is 6.06. The molecule has 0 spiro atoms. The van der Waals surface area contributed by atoms with Gasteiger partial charge in [-0.2, -0.15) is 0 Å². The van der Waals surface area contributed by atoms with E-state index in [1.165, 1.54) is 58.4 Å². The monoisotopic (exact) mass is 322 g/mol. The van der Waals surface area contributed by atoms with Crippen molar-refractivity contribution in [3.05, 3.63) is 96.1 Å². The molecule has 0 N–H and O–H groups in total. The minimum Gasteiger partial charge on any atom is -0.0616 e. The van der Waals surface area contributed by atoms with Gasteiger partial charge in [-0.15, -0.1) is 0 Å². The van der Waals surface area contributed by atoms with E-state index in [0.717, 1.165) is 0 Å². The van der Waals surface area contributed by atoms with Crippen molar-refractivity contribution in [3.8, 4) is 0 Å². The molecule has 0 saturated heterocycles. The van der Waals surface area contributed by atoms with Crippen LogP contribution in [0.5, 0.6) is 0 Å². The Hall–Kier alpha value is -2.60. The lowest BCUT2D eigenvalue weighted by Gasteiger charge is -2.31. The van der Waals surface area contributed by atoms with Gasteiger partial charge >= 0.3 is 0 Å². The quantitative estimate of drug-likeness (QED) is 0.378. The van der Waals surface area contributed by atoms with E-state index in [0.29, 0.717) is 0 Å². The van der Waals surface area contributed by atoms with Crippen LogP contribution in [0, 0.1) is 0 Å². The molecule has 0 heterocycles. The van der Waals surface area contributed by atoms with Gasteiger partial charge in [0, 0.05) is 5.41 Å². The summed E-state index contributed by atoms with van der Waals surface area (Å²) in [5, 5.41) is 5.37. The van der Waals surface area contributed by atoms with Gasteiger partial charge in [-0.3, -0.25) is 0 Å². The van der Waals surface area contributed by atoms with Crippen LogP contribution in [-0.4, -0.2) is 0 Å². The van der Waals surface area contributed by atoms with E-state index in [-0.39, 0.29) is 5.41 Å². The molecule has 1 aliphatic carbocycles. The third kappa shape index (κ3) is 2.36. The molecule has 122 valence electrons. The van der Waals surface area contributed by atoms with Crippen molar-refractivity contribution in [1.29, 1.82) is 0 Å². The highest BCUT2D eigenvalue weighted by molar-refractivity contribution is 5.85. The SMILES string of the molecule is c1ccc2cc(C3(c4ccc5ccccc5c4)CCCC3)ccc2c1. The van der Waals surface area contributed by atoms with Gasteiger partial charge in [0.15, 0.2) is 0 Å². The summed E-state index contributed by atoms with van der Waals surface area (Å²) in [5.74, 6) is 0. The highest BCUT2D eigenvalue weighted by Crippen LogP contribution is 2.47. The lowest BCUT2D eigenvalue weighted by molar-refractivity contribution is 0.536. The molecule has 5 rings (SSSR count). The first-order valence-electron chi connectivity index (χ1n) is 9.34. The van der Waals surface area contributed by atoms with Gasteiger partial charge in [-0.25, -0.2) is 0 Å². The maximum Gasteiger partial charge on any atom is 0.0203 e. The van der Waals surface area contributed by atoms with Crippen molar-refractivity contribution in [2.75, 3.05) is 0 Å². The van der Waals surface area contributed by atoms with Crippen LogP contribution in [0.1, 0.15) is 36.8 Å². The largest absolute Gasteiger partial charge is 0.0616 e. The maximum atomic E-state index is 2.43. The Balaban J connectivity index is 1.71. The molecule has 0 aliphatic heterocycles. The smallest absolute Gasteiger partial charge is 0.0203 e. The molecule has 0 atom stereocenters. The second-order valence-corrected chi connectivity index (χ2v) is 7.41. The first-order chi connectivity index (χ1) is 12.4. The molecule has 0 amide bonds. The van der Waals surface area contributed by atoms with Crippen molar-refractivity contribution in [3.63, 3.8) is 0 Å². The van der Waals surface area contributed by atoms with E-state index in [9.17, 15) is 0 Å². The minimum absolute atomic E-state index is 0.175. The van der Waals surface area contributed by atoms with E-state index in [1.54, 1.807) is 0 Å². The van der Waals surface area contributed by atoms with Crippen molar-refractivity contribution in [2.45, 2.75) is 31.1 Å². The predicted molar refractivity (Wildman–Crippen MR) is 107 cm³/mol. The summed E-state index contributed by atoms with van der Waals surface area (Å²) in [6, 6.07) is 31.6. The minimum atomic E-state index is 0.175. The van der Waals surface area contributed by atoms with Gasteiger partial charge in [-0.1, -0.05) is 97.8 Å². The van der Waals surface area contributed by atoms with Crippen LogP contribution in [0.3, 0.4) is 0 Å². The summed E-state index contributed by atoms with van der Waals surface area (Å²) < 4.78 is 0. The summed E-state index contributed by atoms with van der Waals surface area (Å²) >= 11 is 0. The fraction of sp³-hybridized carbons (Fsp3) is 0.200. The molecule has 25 heavy (non-hydrogen) atoms. The van der Waals surface area contributed by atoms with Crippen LogP contribution < -0.4 is 0 Å². The molecule has 1 aliphatic rings. The Morgan fingerprint density at radius 3 is 1.40 bits per heavy atom. The fourth-order valence-corrected chi connectivity index (χ4v) is 4.70. The molecule has 0 radical (unpaired) electrons. The number of hydrogen-bond acceptors (Lipinski definition) is 0. The third-order valence-electron chi connectivity index (χ3n) is 6.06. The van der Waals surface area contributed by atoms with Gasteiger partial charge in [0.2, 0.25) is 0 Å². The summed E-state index contributed by atoms with van der Waals surface area (Å²) in [7, 11) is 0. The first kappa shape index (κ1) is 14.7. The Morgan fingerprint density at radius 2 is 0.920 bits per heavy atom. The van der Waals surface area contributed by atoms with E-state index in [4.69, 9.17) is 0 Å². The fourth-order valence-electron chi connectivity index (χ4n) is 4.70. The van der Waals surface area contributed by atoms with E-state index in [1.807, 2.05) is 0 Å². The molecular formula is C25H22. The Morgan fingerprint density at radius 1 is 0.480 bits per heavy atom. The molecule has 1 saturated carbocycles. The van der Waals surface area contributed by atoms with Gasteiger partial charge in [0.25, 0.3) is 0 Å². The van der Waals surface area contributed by atoms with E-state index in [2.05, 4.69) is 84.9 Å². The van der Waals surface area contributed by atoms with Crippen LogP contribution in [0.4, 0.5) is 0 Å². The molecule has 0 nitrogen and oxygen atoms in total. The maximum absolute atomic E-state index is 2.43. The molecule has 0 aromatic heterocycles. The second-order valence-electron chi connectivity index (χ2n) is 7.41. The number of hydrogen-bond donors (Lipinski definition) is 0. The molecule has 0 heteroatoms. The highest BCUT2D eigenvalue weighted by atomic mass is 14.4. The lowest BCUT2D eigenvalue weighted by atomic mass is 9.72. The molecule has 4 aromatic carbocycles. The van der Waals surface area contributed by atoms with Crippen molar-refractivity contribution in [2.24, 2.45) is 0 Å². The van der Waals surface area contributed by atoms with Gasteiger partial charge < -0.3 is 0 Å². The Labute approximate surface area is 149 Å². The summed E-state index contributed by atoms with van der Waals surface area (Å²) in [6.07, 6.45) is 5.15. The molecule has 0 unspecified atom stereocenters. The highest BCUT2D eigenvalue weighted by Gasteiger charge is 2.37. The standard InChI is InChI=1S/C25H22/c1-3-9-21-17-23(13-11-19(21)7-1)25(15-5-6-16-25)24-14-12-20-8-2-4-10-22(20)18-24/h1-4,7-14,17-18H,5-6,15-16H2. The lowest BCUT2D eigenvalue weighted by Crippen LogP contribution is -2.23. The van der Waals surface area contributed by atoms with Crippen molar-refractivity contribution >= 4 is 21.5 Å². The average molecular weight is 322 g/mol. The van der Waals surface area contributed by atoms with E-state index >= 15 is 0 Å². The van der Waals surface area contributed by atoms with Crippen LogP contribution in [-0.2, 0) is 5.41 Å². The molecule has 0 bridgehead atoms. The van der Waals surface area contributed by atoms with E-state index < -0.39 is 0 Å². The zero-order chi connectivity index (χ0) is 16.7. The normalized spacial score (nSPS) is 16.5. The average Bonchev–Trinajstić information content (AvgIpc) is 3.18. The molecular weight excluding hydrogens is 300 g/mol. The zero-order valence-corrected chi connectivity index (χ0v) is 14.4. The summed E-state index contributed by atoms with van der Waals surface area (Å²) in [5.41, 5.74) is 3.15. The summed E-state index contributed by atoms with van der Waals surface area (Å²) in [4.78, 5) is 0. The topological polar surface area (TPSA) is 0 Å².